The minimum atomic E-state index is -0.506. The quantitative estimate of drug-likeness (QED) is 0.710. The maximum absolute atomic E-state index is 12.4. The number of nitrogens with zero attached hydrogens (tertiary/aromatic N) is 1. The molecule has 6 nitrogen and oxygen atoms in total. The number of furan rings is 1. The molecule has 3 rings (SSSR count). The van der Waals surface area contributed by atoms with Crippen LogP contribution in [-0.2, 0) is 15.3 Å². The van der Waals surface area contributed by atoms with Crippen LogP contribution >= 0.6 is 23.5 Å². The Morgan fingerprint density at radius 3 is 2.93 bits per heavy atom. The number of benzene rings is 1. The molecule has 0 unspecified atom stereocenters. The number of carbonyl (C=O) groups is 2. The molecule has 1 aromatic heterocycles. The second kappa shape index (κ2) is 9.66. The Kier molecular flexibility index (Phi) is 7.00. The molecule has 1 aromatic carbocycles. The number of rotatable bonds is 7. The van der Waals surface area contributed by atoms with Gasteiger partial charge in [0, 0.05) is 11.5 Å². The summed E-state index contributed by atoms with van der Waals surface area (Å²) in [6.45, 7) is 2.31. The van der Waals surface area contributed by atoms with Crippen LogP contribution in [0.3, 0.4) is 0 Å². The molecule has 0 spiro atoms. The van der Waals surface area contributed by atoms with Gasteiger partial charge in [-0.15, -0.1) is 0 Å². The van der Waals surface area contributed by atoms with Crippen LogP contribution in [0.2, 0.25) is 0 Å². The lowest BCUT2D eigenvalue weighted by molar-refractivity contribution is -0.125. The summed E-state index contributed by atoms with van der Waals surface area (Å²) in [5, 5.41) is 2.73. The van der Waals surface area contributed by atoms with Crippen LogP contribution in [0.1, 0.15) is 34.6 Å². The van der Waals surface area contributed by atoms with E-state index in [-0.39, 0.29) is 18.6 Å². The fraction of sp³-hybridized carbons (Fsp3) is 0.316. The normalized spacial score (nSPS) is 14.5. The molecule has 0 fully saturated rings. The van der Waals surface area contributed by atoms with E-state index >= 15 is 0 Å². The Balaban J connectivity index is 1.52. The summed E-state index contributed by atoms with van der Waals surface area (Å²) in [7, 11) is 0. The highest BCUT2D eigenvalue weighted by atomic mass is 32.2. The van der Waals surface area contributed by atoms with E-state index in [1.54, 1.807) is 61.0 Å². The third-order valence-corrected chi connectivity index (χ3v) is 6.13. The third-order valence-electron chi connectivity index (χ3n) is 3.83. The number of esters is 1. The van der Waals surface area contributed by atoms with Crippen molar-refractivity contribution in [1.82, 2.24) is 5.32 Å². The van der Waals surface area contributed by atoms with Gasteiger partial charge in [-0.2, -0.15) is 0 Å². The van der Waals surface area contributed by atoms with Gasteiger partial charge < -0.3 is 14.5 Å². The van der Waals surface area contributed by atoms with Crippen molar-refractivity contribution in [2.45, 2.75) is 18.7 Å². The molecule has 0 aliphatic carbocycles. The smallest absolute Gasteiger partial charge is 0.338 e. The highest BCUT2D eigenvalue weighted by Crippen LogP contribution is 2.26. The van der Waals surface area contributed by atoms with Gasteiger partial charge in [-0.25, -0.2) is 4.79 Å². The van der Waals surface area contributed by atoms with Crippen LogP contribution in [-0.4, -0.2) is 35.2 Å². The molecule has 1 aliphatic rings. The Hall–Kier alpha value is -2.19. The Morgan fingerprint density at radius 2 is 2.19 bits per heavy atom. The van der Waals surface area contributed by atoms with Gasteiger partial charge in [-0.1, -0.05) is 41.7 Å². The van der Waals surface area contributed by atoms with Crippen molar-refractivity contribution in [3.05, 3.63) is 59.5 Å². The zero-order valence-corrected chi connectivity index (χ0v) is 16.5. The average molecular weight is 405 g/mol. The van der Waals surface area contributed by atoms with Crippen molar-refractivity contribution < 1.29 is 18.7 Å². The van der Waals surface area contributed by atoms with Crippen LogP contribution in [0.25, 0.3) is 0 Å². The largest absolute Gasteiger partial charge is 0.467 e. The predicted molar refractivity (Wildman–Crippen MR) is 108 cm³/mol. The fourth-order valence-electron chi connectivity index (χ4n) is 2.49. The van der Waals surface area contributed by atoms with Crippen LogP contribution in [0.4, 0.5) is 0 Å². The zero-order valence-electron chi connectivity index (χ0n) is 14.8. The monoisotopic (exact) mass is 404 g/mol. The standard InChI is InChI=1S/C19H20N2O4S2/c1-13(16-7-4-9-24-16)21-17(22)11-25-18(23)15-6-3-2-5-14(15)12-27-19-20-8-10-26-19/h2-7,9,13H,8,10-12H2,1H3,(H,21,22)/t13-/m1/s1. The van der Waals surface area contributed by atoms with Gasteiger partial charge in [0.2, 0.25) is 0 Å². The van der Waals surface area contributed by atoms with Crippen LogP contribution < -0.4 is 5.32 Å². The van der Waals surface area contributed by atoms with Crippen molar-refractivity contribution in [1.29, 1.82) is 0 Å². The fourth-order valence-corrected chi connectivity index (χ4v) is 4.50. The molecule has 2 heterocycles. The molecule has 1 atom stereocenters. The highest BCUT2D eigenvalue weighted by Gasteiger charge is 2.17. The highest BCUT2D eigenvalue weighted by molar-refractivity contribution is 8.38. The van der Waals surface area contributed by atoms with E-state index in [4.69, 9.17) is 9.15 Å². The van der Waals surface area contributed by atoms with Crippen molar-refractivity contribution in [3.8, 4) is 0 Å². The van der Waals surface area contributed by atoms with Crippen LogP contribution in [0.15, 0.2) is 52.1 Å². The van der Waals surface area contributed by atoms with E-state index in [1.807, 2.05) is 12.1 Å². The van der Waals surface area contributed by atoms with E-state index < -0.39 is 5.97 Å². The number of hydrogen-bond donors (Lipinski definition) is 1. The second-order valence-corrected chi connectivity index (χ2v) is 8.13. The van der Waals surface area contributed by atoms with Gasteiger partial charge in [0.25, 0.3) is 5.91 Å². The summed E-state index contributed by atoms with van der Waals surface area (Å²) in [6, 6.07) is 10.5. The van der Waals surface area contributed by atoms with Gasteiger partial charge in [0.15, 0.2) is 6.61 Å². The molecule has 0 bridgehead atoms. The van der Waals surface area contributed by atoms with Gasteiger partial charge >= 0.3 is 5.97 Å². The van der Waals surface area contributed by atoms with Crippen molar-refractivity contribution in [3.63, 3.8) is 0 Å². The first-order valence-corrected chi connectivity index (χ1v) is 10.5. The lowest BCUT2D eigenvalue weighted by Crippen LogP contribution is -2.31. The van der Waals surface area contributed by atoms with Crippen molar-refractivity contribution in [2.24, 2.45) is 4.99 Å². The minimum absolute atomic E-state index is 0.292. The Morgan fingerprint density at radius 1 is 1.33 bits per heavy atom. The molecule has 0 saturated carbocycles. The molecular formula is C19H20N2O4S2. The van der Waals surface area contributed by atoms with E-state index in [0.717, 1.165) is 22.2 Å². The number of carbonyl (C=O) groups excluding carboxylic acids is 2. The molecule has 0 radical (unpaired) electrons. The van der Waals surface area contributed by atoms with Gasteiger partial charge in [-0.3, -0.25) is 9.79 Å². The number of ether oxygens (including phenoxy) is 1. The first-order chi connectivity index (χ1) is 13.1. The summed E-state index contributed by atoms with van der Waals surface area (Å²) >= 11 is 3.35. The molecule has 27 heavy (non-hydrogen) atoms. The van der Waals surface area contributed by atoms with E-state index in [1.165, 1.54) is 0 Å². The van der Waals surface area contributed by atoms with Crippen LogP contribution in [0, 0.1) is 0 Å². The maximum Gasteiger partial charge on any atom is 0.338 e. The molecule has 2 aromatic rings. The summed E-state index contributed by atoms with van der Waals surface area (Å²) in [5.74, 6) is 1.41. The van der Waals surface area contributed by atoms with Gasteiger partial charge in [0.05, 0.1) is 24.4 Å². The van der Waals surface area contributed by atoms with E-state index in [0.29, 0.717) is 17.1 Å². The summed E-state index contributed by atoms with van der Waals surface area (Å²) in [6.07, 6.45) is 1.54. The number of thioether (sulfide) groups is 2. The number of amides is 1. The SMILES string of the molecule is C[C@@H](NC(=O)COC(=O)c1ccccc1CSC1=NCCS1)c1ccco1. The Bertz CT molecular complexity index is 821. The summed E-state index contributed by atoms with van der Waals surface area (Å²) in [4.78, 5) is 28.8. The first kappa shape index (κ1) is 19.6. The molecule has 0 saturated heterocycles. The third kappa shape index (κ3) is 5.64. The molecule has 1 aliphatic heterocycles. The number of aliphatic imine (C=N–C) groups is 1. The maximum atomic E-state index is 12.4. The Labute approximate surface area is 166 Å². The lowest BCUT2D eigenvalue weighted by atomic mass is 10.1. The molecule has 1 amide bonds. The molecule has 8 heteroatoms. The molecule has 142 valence electrons. The summed E-state index contributed by atoms with van der Waals surface area (Å²) in [5.41, 5.74) is 1.34. The second-order valence-electron chi connectivity index (χ2n) is 5.82. The lowest BCUT2D eigenvalue weighted by Gasteiger charge is -2.12. The van der Waals surface area contributed by atoms with Crippen LogP contribution in [0.5, 0.6) is 0 Å². The minimum Gasteiger partial charge on any atom is -0.467 e. The topological polar surface area (TPSA) is 80.9 Å². The number of hydrogen-bond acceptors (Lipinski definition) is 7. The van der Waals surface area contributed by atoms with Gasteiger partial charge in [0.1, 0.15) is 10.1 Å². The number of nitrogens with one attached hydrogen (secondary N) is 1. The van der Waals surface area contributed by atoms with Crippen molar-refractivity contribution in [2.75, 3.05) is 18.9 Å². The van der Waals surface area contributed by atoms with Gasteiger partial charge in [-0.05, 0) is 30.7 Å². The van der Waals surface area contributed by atoms with E-state index in [2.05, 4.69) is 10.3 Å². The summed E-state index contributed by atoms with van der Waals surface area (Å²) < 4.78 is 11.5. The van der Waals surface area contributed by atoms with Crippen molar-refractivity contribution >= 4 is 39.8 Å². The van der Waals surface area contributed by atoms with E-state index in [9.17, 15) is 9.59 Å². The molecular weight excluding hydrogens is 384 g/mol. The predicted octanol–water partition coefficient (Wildman–Crippen LogP) is 3.65. The first-order valence-electron chi connectivity index (χ1n) is 8.51. The molecule has 1 N–H and O–H groups in total. The zero-order chi connectivity index (χ0) is 19.1. The average Bonchev–Trinajstić information content (AvgIpc) is 3.38.